The van der Waals surface area contributed by atoms with Gasteiger partial charge in [-0.05, 0) is 233 Å². The first-order valence-corrected chi connectivity index (χ1v) is 42.4. The van der Waals surface area contributed by atoms with E-state index in [0.29, 0.717) is 110 Å². The van der Waals surface area contributed by atoms with Crippen LogP contribution in [0, 0.1) is 108 Å². The maximum absolute atomic E-state index is 16.7. The molecule has 5 unspecified atom stereocenters. The van der Waals surface area contributed by atoms with Crippen molar-refractivity contribution in [3.05, 3.63) is 89.0 Å². The Balaban J connectivity index is 0.000000145. The first-order chi connectivity index (χ1) is 54.6. The highest BCUT2D eigenvalue weighted by Gasteiger charge is 2.70. The highest BCUT2D eigenvalue weighted by molar-refractivity contribution is 6.02. The second-order valence-electron chi connectivity index (χ2n) is 38.0. The number of Topliss-reactive ketones (excluding diaryl/α,β-unsaturated/α-hetero) is 2. The molecule has 0 amide bonds. The molecule has 8 saturated carbocycles. The van der Waals surface area contributed by atoms with Gasteiger partial charge in [-0.1, -0.05) is 38.8 Å². The van der Waals surface area contributed by atoms with Gasteiger partial charge in [0.15, 0.2) is 46.3 Å². The second kappa shape index (κ2) is 29.6. The summed E-state index contributed by atoms with van der Waals surface area (Å²) in [4.78, 5) is 108. The Bertz CT molecular complexity index is 4920. The number of anilines is 2. The topological polar surface area (TPSA) is 337 Å². The summed E-state index contributed by atoms with van der Waals surface area (Å²) in [6, 6.07) is 0.395. The number of aryl methyl sites for hydroxylation is 2. The molecule has 4 aliphatic heterocycles. The van der Waals surface area contributed by atoms with Crippen molar-refractivity contribution in [3.63, 3.8) is 0 Å². The SMILES string of the molecule is COc1c(N2CC3CCCN(COCC(=O)[C@@]4(O)CC[C@H]5[C@@H]6CCC7=CC(=O)CC[C@]7(C)C6[C@@H](O)C[C@@]54C)C3C2)c(F)c(C)c2c(=O)c(C(=O)O)c(C)n(C3CC3)c12.COc1c(N2CC3CCCNC3C2)c(F)c(C)c2c(=O)c(C(=O)O)c(C)n(C3CC3)c12.C[C@]12CCC(=O)C=C1CC[C@@H]1[C@@H]2[C@@H](O)C[C@@]2(C)[C@H]1CC[C@]2(O)C(=O)CO. The van der Waals surface area contributed by atoms with Crippen LogP contribution in [0.5, 0.6) is 11.5 Å². The zero-order valence-corrected chi connectivity index (χ0v) is 68.3. The fraction of sp³-hybridized carbons (Fsp3) is 0.685. The predicted molar refractivity (Wildman–Crippen MR) is 425 cm³/mol. The second-order valence-corrected chi connectivity index (χ2v) is 38.0. The normalized spacial score (nSPS) is 35.8. The number of aromatic nitrogens is 2. The van der Waals surface area contributed by atoms with Crippen molar-refractivity contribution in [1.82, 2.24) is 19.4 Å². The number of aliphatic hydroxyl groups excluding tert-OH is 3. The van der Waals surface area contributed by atoms with Crippen molar-refractivity contribution in [1.29, 1.82) is 0 Å². The van der Waals surface area contributed by atoms with Gasteiger partial charge in [0.05, 0.1) is 55.0 Å². The number of rotatable bonds is 15. The number of likely N-dealkylation sites (tertiary alicyclic amines) is 1. The maximum Gasteiger partial charge on any atom is 0.341 e. The van der Waals surface area contributed by atoms with E-state index in [1.807, 2.05) is 38.9 Å². The summed E-state index contributed by atoms with van der Waals surface area (Å²) in [5.41, 5.74) is -2.07. The van der Waals surface area contributed by atoms with E-state index in [9.17, 15) is 74.1 Å². The number of fused-ring (bicyclic) bond motifs is 14. The number of carbonyl (C=O) groups excluding carboxylic acids is 4. The summed E-state index contributed by atoms with van der Waals surface area (Å²) in [7, 11) is 2.96. The van der Waals surface area contributed by atoms with E-state index in [1.165, 1.54) is 26.7 Å². The van der Waals surface area contributed by atoms with Crippen molar-refractivity contribution in [2.45, 2.75) is 244 Å². The summed E-state index contributed by atoms with van der Waals surface area (Å²) in [6.07, 6.45) is 18.6. The zero-order valence-electron chi connectivity index (χ0n) is 68.3. The number of nitrogens with zero attached hydrogens (tertiary/aromatic N) is 5. The molecule has 115 heavy (non-hydrogen) atoms. The molecular formula is C89H116F2N6O18. The average molecular weight is 1600 g/mol. The molecule has 0 bridgehead atoms. The lowest BCUT2D eigenvalue weighted by Gasteiger charge is -2.60. The Morgan fingerprint density at radius 2 is 1.03 bits per heavy atom. The fourth-order valence-corrected chi connectivity index (χ4v) is 26.4. The highest BCUT2D eigenvalue weighted by Crippen LogP contribution is 2.70. The number of allylic oxidation sites excluding steroid dienone is 2. The minimum atomic E-state index is -1.62. The lowest BCUT2D eigenvalue weighted by Crippen LogP contribution is -2.62. The zero-order chi connectivity index (χ0) is 82.1. The number of halogens is 2. The average Bonchev–Trinajstić information content (AvgIpc) is 1.61. The van der Waals surface area contributed by atoms with Gasteiger partial charge in [0.1, 0.15) is 46.9 Å². The number of benzene rings is 2. The van der Waals surface area contributed by atoms with Gasteiger partial charge in [-0.25, -0.2) is 18.4 Å². The number of aliphatic hydroxyl groups is 5. The summed E-state index contributed by atoms with van der Waals surface area (Å²) in [5.74, 6) is -2.32. The number of methoxy groups -OCH3 is 2. The minimum Gasteiger partial charge on any atom is -0.492 e. The lowest BCUT2D eigenvalue weighted by molar-refractivity contribution is -0.184. The molecule has 14 aliphatic rings. The number of pyridine rings is 2. The van der Waals surface area contributed by atoms with Crippen LogP contribution in [-0.2, 0) is 23.9 Å². The van der Waals surface area contributed by atoms with Crippen LogP contribution in [0.2, 0.25) is 0 Å². The molecule has 0 spiro atoms. The van der Waals surface area contributed by atoms with E-state index in [2.05, 4.69) is 24.1 Å². The predicted octanol–water partition coefficient (Wildman–Crippen LogP) is 10.2. The molecule has 24 nitrogen and oxygen atoms in total. The molecule has 6 heterocycles. The van der Waals surface area contributed by atoms with Crippen molar-refractivity contribution >= 4 is 68.3 Å². The van der Waals surface area contributed by atoms with Crippen LogP contribution in [0.15, 0.2) is 32.9 Å². The monoisotopic (exact) mass is 1590 g/mol. The first-order valence-electron chi connectivity index (χ1n) is 42.4. The molecule has 12 fully saturated rings. The molecule has 18 atom stereocenters. The number of ketones is 4. The quantitative estimate of drug-likeness (QED) is 0.0548. The Kier molecular flexibility index (Phi) is 21.0. The number of aromatic carboxylic acids is 2. The molecule has 26 heteroatoms. The van der Waals surface area contributed by atoms with Crippen molar-refractivity contribution in [2.75, 3.05) is 83.2 Å². The number of carboxylic acid groups (broad SMARTS) is 2. The van der Waals surface area contributed by atoms with Gasteiger partial charge in [-0.15, -0.1) is 0 Å². The number of hydrogen-bond acceptors (Lipinski definition) is 20. The van der Waals surface area contributed by atoms with Gasteiger partial charge in [-0.3, -0.25) is 33.7 Å². The van der Waals surface area contributed by atoms with Crippen LogP contribution >= 0.6 is 0 Å². The van der Waals surface area contributed by atoms with Crippen LogP contribution in [0.4, 0.5) is 20.2 Å². The van der Waals surface area contributed by atoms with E-state index >= 15 is 8.78 Å². The standard InChI is InChI=1S/C45H58FN3O9.C23H28FN3O4.C21H30O5/c1-23-34-38(49(27-9-10-27)24(2)35(40(34)53)42(54)55)41(57-5)39(37(23)46)48-19-25-7-6-16-47(31(25)20-48)22-58-21-33(52)45(56)15-13-30-29-11-8-26-17-28(50)12-14-43(26,3)36(29)32(51)18-44(30,45)4;1-11-16-19(27(14-6-7-14)12(2)17(21(16)28)23(29)30)22(31-3)20(18(11)24)26-9-13-5-4-8-25-15(13)10-26;1-19-7-5-13(23)9-12(19)3-4-14-15-6-8-21(26,17(25)11-22)20(15,2)10-16(24)18(14)19/h17,25,27,29-32,36,51,56H,6-16,18-22H2,1-5H3,(H,54,55);13-15,25H,4-10H2,1-3H3,(H,29,30);9,14-16,18,22,24,26H,3-8,10-11H2,1-2H3/t25?,29-,30-,31?,32-,36?,43-,44-,45-;;14-,15-,16-,18+,19-,20-,21-/m0.0/s1. The van der Waals surface area contributed by atoms with Gasteiger partial charge in [0.2, 0.25) is 10.9 Å². The molecule has 18 rings (SSSR count). The molecule has 4 saturated heterocycles. The van der Waals surface area contributed by atoms with Crippen LogP contribution < -0.4 is 35.4 Å². The number of nitrogens with one attached hydrogen (secondary N) is 1. The third kappa shape index (κ3) is 12.5. The summed E-state index contributed by atoms with van der Waals surface area (Å²) >= 11 is 0. The molecule has 2 aromatic carbocycles. The summed E-state index contributed by atoms with van der Waals surface area (Å²) in [5, 5.41) is 79.2. The smallest absolute Gasteiger partial charge is 0.341 e. The lowest BCUT2D eigenvalue weighted by atomic mass is 9.45. The highest BCUT2D eigenvalue weighted by atomic mass is 19.1. The molecule has 624 valence electrons. The fourth-order valence-electron chi connectivity index (χ4n) is 26.4. The third-order valence-corrected chi connectivity index (χ3v) is 32.4. The number of ether oxygens (including phenoxy) is 3. The van der Waals surface area contributed by atoms with Crippen molar-refractivity contribution in [3.8, 4) is 11.5 Å². The number of piperidine rings is 2. The van der Waals surface area contributed by atoms with Crippen molar-refractivity contribution in [2.24, 2.45) is 69.0 Å². The number of carbonyl (C=O) groups is 6. The minimum absolute atomic E-state index is 0.00515. The Morgan fingerprint density at radius 1 is 0.574 bits per heavy atom. The van der Waals surface area contributed by atoms with Gasteiger partial charge < -0.3 is 74.2 Å². The van der Waals surface area contributed by atoms with Crippen LogP contribution in [0.25, 0.3) is 21.8 Å². The maximum atomic E-state index is 16.7. The molecular weight excluding hydrogens is 1480 g/mol. The van der Waals surface area contributed by atoms with E-state index in [0.717, 1.165) is 122 Å². The largest absolute Gasteiger partial charge is 0.492 e. The Labute approximate surface area is 669 Å². The Hall–Kier alpha value is -7.30. The van der Waals surface area contributed by atoms with E-state index < -0.39 is 81.1 Å². The van der Waals surface area contributed by atoms with Crippen molar-refractivity contribution < 1.29 is 87.5 Å². The third-order valence-electron chi connectivity index (χ3n) is 32.4. The molecule has 2 aromatic heterocycles. The molecule has 0 radical (unpaired) electrons. The summed E-state index contributed by atoms with van der Waals surface area (Å²) < 4.78 is 54.2. The van der Waals surface area contributed by atoms with E-state index in [4.69, 9.17) is 14.2 Å². The van der Waals surface area contributed by atoms with Gasteiger partial charge in [0, 0.05) is 103 Å². The van der Waals surface area contributed by atoms with Gasteiger partial charge in [0.25, 0.3) is 0 Å². The van der Waals surface area contributed by atoms with E-state index in [1.54, 1.807) is 26.8 Å². The van der Waals surface area contributed by atoms with Crippen LogP contribution in [0.3, 0.4) is 0 Å². The molecule has 8 N–H and O–H groups in total. The van der Waals surface area contributed by atoms with E-state index in [-0.39, 0.29) is 146 Å². The summed E-state index contributed by atoms with van der Waals surface area (Å²) in [6.45, 7) is 18.1. The van der Waals surface area contributed by atoms with Crippen LogP contribution in [0.1, 0.15) is 224 Å². The number of hydrogen-bond donors (Lipinski definition) is 8. The Morgan fingerprint density at radius 3 is 1.47 bits per heavy atom. The molecule has 10 aliphatic carbocycles. The van der Waals surface area contributed by atoms with Gasteiger partial charge >= 0.3 is 11.9 Å². The molecule has 4 aromatic rings. The van der Waals surface area contributed by atoms with Gasteiger partial charge in [-0.2, -0.15) is 0 Å². The first kappa shape index (κ1) is 81.4. The van der Waals surface area contributed by atoms with Crippen LogP contribution in [-0.4, -0.2) is 194 Å². The number of carboxylic acids is 2.